The summed E-state index contributed by atoms with van der Waals surface area (Å²) >= 11 is 0. The van der Waals surface area contributed by atoms with Crippen LogP contribution in [-0.2, 0) is 16.6 Å². The zero-order chi connectivity index (χ0) is 13.8. The molecule has 0 fully saturated rings. The smallest absolute Gasteiger partial charge is 0.209 e. The van der Waals surface area contributed by atoms with Gasteiger partial charge in [-0.15, -0.1) is 0 Å². The van der Waals surface area contributed by atoms with Crippen molar-refractivity contribution in [3.63, 3.8) is 0 Å². The van der Waals surface area contributed by atoms with Crippen molar-refractivity contribution >= 4 is 10.0 Å². The van der Waals surface area contributed by atoms with Crippen LogP contribution in [0.15, 0.2) is 12.1 Å². The van der Waals surface area contributed by atoms with Crippen molar-refractivity contribution in [3.8, 4) is 17.2 Å². The molecule has 1 rings (SSSR count). The molecule has 0 aromatic heterocycles. The molecule has 0 aliphatic rings. The Kier molecular flexibility index (Phi) is 4.76. The Labute approximate surface area is 105 Å². The maximum Gasteiger partial charge on any atom is 0.209 e. The average molecular weight is 276 g/mol. The van der Waals surface area contributed by atoms with Crippen molar-refractivity contribution in [1.29, 1.82) is 0 Å². The maximum absolute atomic E-state index is 10.6. The van der Waals surface area contributed by atoms with Gasteiger partial charge in [-0.1, -0.05) is 6.07 Å². The Balaban J connectivity index is 2.43. The molecule has 0 aliphatic heterocycles. The zero-order valence-electron chi connectivity index (χ0n) is 9.63. The summed E-state index contributed by atoms with van der Waals surface area (Å²) in [5.41, 5.74) is 0.404. The molecule has 0 saturated heterocycles. The minimum atomic E-state index is -3.45. The van der Waals surface area contributed by atoms with E-state index in [0.29, 0.717) is 18.5 Å². The van der Waals surface area contributed by atoms with Crippen molar-refractivity contribution in [2.75, 3.05) is 12.3 Å². The first-order valence-electron chi connectivity index (χ1n) is 5.25. The number of aromatic hydroxyl groups is 3. The summed E-state index contributed by atoms with van der Waals surface area (Å²) in [4.78, 5) is 0. The SMILES string of the molecule is NS(=O)(=O)CCCNCc1ccc(O)c(O)c1O. The normalized spacial score (nSPS) is 11.6. The lowest BCUT2D eigenvalue weighted by Gasteiger charge is -2.08. The molecule has 8 heteroatoms. The first kappa shape index (κ1) is 14.6. The lowest BCUT2D eigenvalue weighted by atomic mass is 10.1. The molecule has 0 amide bonds. The lowest BCUT2D eigenvalue weighted by Crippen LogP contribution is -2.22. The quantitative estimate of drug-likeness (QED) is 0.354. The van der Waals surface area contributed by atoms with E-state index in [1.54, 1.807) is 0 Å². The van der Waals surface area contributed by atoms with Crippen molar-refractivity contribution in [2.45, 2.75) is 13.0 Å². The fourth-order valence-corrected chi connectivity index (χ4v) is 1.92. The molecule has 1 aromatic carbocycles. The van der Waals surface area contributed by atoms with E-state index in [2.05, 4.69) is 5.32 Å². The Bertz CT molecular complexity index is 515. The number of nitrogens with one attached hydrogen (secondary N) is 1. The van der Waals surface area contributed by atoms with Crippen molar-refractivity contribution in [2.24, 2.45) is 5.14 Å². The summed E-state index contributed by atoms with van der Waals surface area (Å²) in [7, 11) is -3.45. The van der Waals surface area contributed by atoms with Crippen LogP contribution >= 0.6 is 0 Å². The summed E-state index contributed by atoms with van der Waals surface area (Å²) in [5.74, 6) is -1.48. The molecule has 0 saturated carbocycles. The summed E-state index contributed by atoms with van der Waals surface area (Å²) in [6, 6.07) is 2.72. The highest BCUT2D eigenvalue weighted by Crippen LogP contribution is 2.36. The minimum Gasteiger partial charge on any atom is -0.504 e. The van der Waals surface area contributed by atoms with Gasteiger partial charge in [-0.2, -0.15) is 0 Å². The van der Waals surface area contributed by atoms with Crippen LogP contribution in [0.4, 0.5) is 0 Å². The van der Waals surface area contributed by atoms with Crippen LogP contribution in [0.2, 0.25) is 0 Å². The van der Waals surface area contributed by atoms with Crippen molar-refractivity contribution < 1.29 is 23.7 Å². The van der Waals surface area contributed by atoms with E-state index in [1.165, 1.54) is 12.1 Å². The van der Waals surface area contributed by atoms with Crippen molar-refractivity contribution in [1.82, 2.24) is 5.32 Å². The number of rotatable bonds is 6. The Morgan fingerprint density at radius 3 is 2.44 bits per heavy atom. The van der Waals surface area contributed by atoms with Gasteiger partial charge in [0, 0.05) is 12.1 Å². The summed E-state index contributed by atoms with van der Waals surface area (Å²) in [6.45, 7) is 0.641. The fraction of sp³-hybridized carbons (Fsp3) is 0.400. The first-order chi connectivity index (χ1) is 8.31. The molecule has 0 spiro atoms. The molecule has 0 heterocycles. The third-order valence-electron chi connectivity index (χ3n) is 2.31. The molecular weight excluding hydrogens is 260 g/mol. The second-order valence-corrected chi connectivity index (χ2v) is 5.57. The topological polar surface area (TPSA) is 133 Å². The number of nitrogens with two attached hydrogens (primary N) is 1. The van der Waals surface area contributed by atoms with Crippen molar-refractivity contribution in [3.05, 3.63) is 17.7 Å². The Morgan fingerprint density at radius 1 is 1.17 bits per heavy atom. The van der Waals surface area contributed by atoms with Gasteiger partial charge in [0.05, 0.1) is 5.75 Å². The van der Waals surface area contributed by atoms with Gasteiger partial charge >= 0.3 is 0 Å². The number of sulfonamides is 1. The van der Waals surface area contributed by atoms with Crippen LogP contribution < -0.4 is 10.5 Å². The third kappa shape index (κ3) is 4.40. The molecule has 102 valence electrons. The molecule has 0 unspecified atom stereocenters. The summed E-state index contributed by atoms with van der Waals surface area (Å²) < 4.78 is 21.3. The highest BCUT2D eigenvalue weighted by molar-refractivity contribution is 7.89. The van der Waals surface area contributed by atoms with Gasteiger partial charge in [-0.25, -0.2) is 13.6 Å². The maximum atomic E-state index is 10.6. The molecule has 0 atom stereocenters. The van der Waals surface area contributed by atoms with Gasteiger partial charge in [0.25, 0.3) is 0 Å². The number of primary sulfonamides is 1. The summed E-state index contributed by atoms with van der Waals surface area (Å²) in [6.07, 6.45) is 0.351. The van der Waals surface area contributed by atoms with E-state index >= 15 is 0 Å². The fourth-order valence-electron chi connectivity index (χ4n) is 1.37. The molecule has 18 heavy (non-hydrogen) atoms. The van der Waals surface area contributed by atoms with E-state index in [0.717, 1.165) is 0 Å². The standard InChI is InChI=1S/C10H16N2O5S/c11-18(16,17)5-1-4-12-6-7-2-3-8(13)10(15)9(7)14/h2-3,12-15H,1,4-6H2,(H2,11,16,17). The minimum absolute atomic E-state index is 0.118. The van der Waals surface area contributed by atoms with Gasteiger partial charge in [0.15, 0.2) is 11.5 Å². The van der Waals surface area contributed by atoms with E-state index in [9.17, 15) is 18.6 Å². The molecule has 0 radical (unpaired) electrons. The number of hydrogen-bond donors (Lipinski definition) is 5. The Hall–Kier alpha value is -1.51. The Morgan fingerprint density at radius 2 is 1.83 bits per heavy atom. The van der Waals surface area contributed by atoms with Crippen LogP contribution in [0.1, 0.15) is 12.0 Å². The number of benzene rings is 1. The molecule has 0 aliphatic carbocycles. The van der Waals surface area contributed by atoms with Crippen LogP contribution in [0, 0.1) is 0 Å². The number of hydrogen-bond acceptors (Lipinski definition) is 6. The van der Waals surface area contributed by atoms with Crippen LogP contribution in [0.3, 0.4) is 0 Å². The average Bonchev–Trinajstić information content (AvgIpc) is 2.27. The van der Waals surface area contributed by atoms with Crippen LogP contribution in [0.25, 0.3) is 0 Å². The van der Waals surface area contributed by atoms with Gasteiger partial charge in [-0.3, -0.25) is 0 Å². The summed E-state index contributed by atoms with van der Waals surface area (Å²) in [5, 5.41) is 35.6. The van der Waals surface area contributed by atoms with Crippen LogP contribution in [0.5, 0.6) is 17.2 Å². The lowest BCUT2D eigenvalue weighted by molar-refractivity contribution is 0.364. The van der Waals surface area contributed by atoms with E-state index in [4.69, 9.17) is 10.2 Å². The van der Waals surface area contributed by atoms with Gasteiger partial charge in [0.1, 0.15) is 0 Å². The van der Waals surface area contributed by atoms with Crippen LogP contribution in [-0.4, -0.2) is 36.0 Å². The monoisotopic (exact) mass is 276 g/mol. The van der Waals surface area contributed by atoms with E-state index < -0.39 is 27.3 Å². The number of phenols is 3. The van der Waals surface area contributed by atoms with E-state index in [1.807, 2.05) is 0 Å². The second kappa shape index (κ2) is 5.89. The highest BCUT2D eigenvalue weighted by Gasteiger charge is 2.10. The van der Waals surface area contributed by atoms with Gasteiger partial charge in [-0.05, 0) is 19.0 Å². The van der Waals surface area contributed by atoms with Gasteiger partial charge in [0.2, 0.25) is 15.8 Å². The molecule has 0 bridgehead atoms. The predicted molar refractivity (Wildman–Crippen MR) is 65.7 cm³/mol. The first-order valence-corrected chi connectivity index (χ1v) is 6.97. The molecule has 6 N–H and O–H groups in total. The molecule has 1 aromatic rings. The third-order valence-corrected chi connectivity index (χ3v) is 3.17. The number of phenolic OH excluding ortho intramolecular Hbond substituents is 3. The zero-order valence-corrected chi connectivity index (χ0v) is 10.4. The molecule has 7 nitrogen and oxygen atoms in total. The molecular formula is C10H16N2O5S. The second-order valence-electron chi connectivity index (χ2n) is 3.84. The highest BCUT2D eigenvalue weighted by atomic mass is 32.2. The van der Waals surface area contributed by atoms with E-state index in [-0.39, 0.29) is 12.3 Å². The van der Waals surface area contributed by atoms with Gasteiger partial charge < -0.3 is 20.6 Å². The largest absolute Gasteiger partial charge is 0.504 e. The predicted octanol–water partition coefficient (Wildman–Crippen LogP) is -0.428.